The van der Waals surface area contributed by atoms with Crippen molar-refractivity contribution in [2.45, 2.75) is 17.2 Å². The predicted molar refractivity (Wildman–Crippen MR) is 111 cm³/mol. The maximum Gasteiger partial charge on any atom is 0.287 e. The van der Waals surface area contributed by atoms with Crippen LogP contribution in [0, 0.1) is 5.82 Å². The van der Waals surface area contributed by atoms with Gasteiger partial charge in [-0.1, -0.05) is 24.3 Å². The molecule has 0 aliphatic carbocycles. The molecule has 0 aliphatic heterocycles. The van der Waals surface area contributed by atoms with E-state index in [9.17, 15) is 17.6 Å². The highest BCUT2D eigenvalue weighted by Crippen LogP contribution is 2.20. The first kappa shape index (κ1) is 20.5. The summed E-state index contributed by atoms with van der Waals surface area (Å²) in [4.78, 5) is 16.6. The van der Waals surface area contributed by atoms with Crippen molar-refractivity contribution in [1.29, 1.82) is 0 Å². The van der Waals surface area contributed by atoms with E-state index in [2.05, 4.69) is 10.3 Å². The summed E-state index contributed by atoms with van der Waals surface area (Å²) in [5.74, 6) is -1.50. The first-order valence-electron chi connectivity index (χ1n) is 9.33. The van der Waals surface area contributed by atoms with Crippen LogP contribution in [0.4, 0.5) is 4.39 Å². The average molecular weight is 439 g/mol. The van der Waals surface area contributed by atoms with Crippen LogP contribution in [0.2, 0.25) is 0 Å². The third kappa shape index (κ3) is 4.56. The number of nitrogens with one attached hydrogen (secondary N) is 1. The van der Waals surface area contributed by atoms with Crippen molar-refractivity contribution in [3.05, 3.63) is 102 Å². The van der Waals surface area contributed by atoms with Gasteiger partial charge in [-0.25, -0.2) is 17.8 Å². The molecule has 4 rings (SSSR count). The van der Waals surface area contributed by atoms with Gasteiger partial charge in [-0.05, 0) is 35.9 Å². The van der Waals surface area contributed by atoms with Gasteiger partial charge in [0.15, 0.2) is 15.6 Å². The summed E-state index contributed by atoms with van der Waals surface area (Å²) in [7, 11) is -3.64. The van der Waals surface area contributed by atoms with Crippen molar-refractivity contribution in [2.24, 2.45) is 0 Å². The highest BCUT2D eigenvalue weighted by Gasteiger charge is 2.22. The van der Waals surface area contributed by atoms with Gasteiger partial charge in [-0.2, -0.15) is 0 Å². The van der Waals surface area contributed by atoms with Crippen LogP contribution >= 0.6 is 0 Å². The lowest BCUT2D eigenvalue weighted by Crippen LogP contribution is -2.24. The number of hydrogen-bond donors (Lipinski definition) is 1. The van der Waals surface area contributed by atoms with Crippen LogP contribution in [-0.4, -0.2) is 23.9 Å². The van der Waals surface area contributed by atoms with Gasteiger partial charge in [0.1, 0.15) is 5.82 Å². The Hall–Kier alpha value is -3.72. The minimum Gasteiger partial charge on any atom is -0.459 e. The minimum atomic E-state index is -3.64. The second-order valence-electron chi connectivity index (χ2n) is 6.79. The average Bonchev–Trinajstić information content (AvgIpc) is 3.45. The van der Waals surface area contributed by atoms with Crippen LogP contribution in [0.5, 0.6) is 0 Å². The lowest BCUT2D eigenvalue weighted by Gasteiger charge is -2.09. The van der Waals surface area contributed by atoms with Crippen LogP contribution < -0.4 is 5.32 Å². The van der Waals surface area contributed by atoms with Crippen molar-refractivity contribution in [1.82, 2.24) is 14.9 Å². The van der Waals surface area contributed by atoms with Crippen LogP contribution in [0.1, 0.15) is 21.7 Å². The van der Waals surface area contributed by atoms with Gasteiger partial charge in [0.2, 0.25) is 0 Å². The molecule has 0 atom stereocenters. The number of carbonyl (C=O) groups is 1. The second kappa shape index (κ2) is 8.57. The molecule has 0 saturated heterocycles. The standard InChI is InChI=1S/C22H18FN3O4S/c23-19-12-16(6-7-20(19)26-10-9-24-15-26)13-25-22(27)21-17(8-11-30-21)14-31(28,29)18-4-2-1-3-5-18/h1-12,15H,13-14H2,(H,25,27). The molecule has 0 aliphatic rings. The molecule has 2 aromatic heterocycles. The van der Waals surface area contributed by atoms with Crippen LogP contribution in [0.3, 0.4) is 0 Å². The number of amides is 1. The number of hydrogen-bond acceptors (Lipinski definition) is 5. The molecule has 0 fully saturated rings. The summed E-state index contributed by atoms with van der Waals surface area (Å²) in [5, 5.41) is 2.64. The first-order valence-corrected chi connectivity index (χ1v) is 11.0. The quantitative estimate of drug-likeness (QED) is 0.476. The monoisotopic (exact) mass is 439 g/mol. The van der Waals surface area contributed by atoms with E-state index in [0.717, 1.165) is 0 Å². The molecule has 1 amide bonds. The van der Waals surface area contributed by atoms with Gasteiger partial charge in [0.25, 0.3) is 5.91 Å². The SMILES string of the molecule is O=C(NCc1ccc(-n2ccnc2)c(F)c1)c1occc1CS(=O)(=O)c1ccccc1. The molecule has 9 heteroatoms. The summed E-state index contributed by atoms with van der Waals surface area (Å²) in [6.45, 7) is 0.0472. The Balaban J connectivity index is 1.45. The summed E-state index contributed by atoms with van der Waals surface area (Å²) in [6.07, 6.45) is 5.93. The normalized spacial score (nSPS) is 11.4. The van der Waals surface area contributed by atoms with Gasteiger partial charge < -0.3 is 14.3 Å². The Morgan fingerprint density at radius 2 is 1.94 bits per heavy atom. The lowest BCUT2D eigenvalue weighted by molar-refractivity contribution is 0.0922. The number of aromatic nitrogens is 2. The zero-order valence-corrected chi connectivity index (χ0v) is 17.0. The molecule has 0 bridgehead atoms. The van der Waals surface area contributed by atoms with Crippen LogP contribution in [0.15, 0.2) is 88.9 Å². The van der Waals surface area contributed by atoms with Crippen LogP contribution in [-0.2, 0) is 22.1 Å². The molecule has 0 saturated carbocycles. The number of carbonyl (C=O) groups excluding carboxylic acids is 1. The van der Waals surface area contributed by atoms with Gasteiger partial charge in [0.05, 0.1) is 28.9 Å². The van der Waals surface area contributed by atoms with E-state index in [4.69, 9.17) is 4.42 Å². The molecule has 7 nitrogen and oxygen atoms in total. The number of nitrogens with zero attached hydrogens (tertiary/aromatic N) is 2. The third-order valence-corrected chi connectivity index (χ3v) is 6.33. The fraction of sp³-hybridized carbons (Fsp3) is 0.0909. The summed E-state index contributed by atoms with van der Waals surface area (Å²) >= 11 is 0. The first-order chi connectivity index (χ1) is 14.9. The van der Waals surface area contributed by atoms with Crippen molar-refractivity contribution < 1.29 is 22.0 Å². The molecule has 2 aromatic carbocycles. The Kier molecular flexibility index (Phi) is 5.68. The van der Waals surface area contributed by atoms with E-state index in [-0.39, 0.29) is 28.5 Å². The summed E-state index contributed by atoms with van der Waals surface area (Å²) in [5.41, 5.74) is 1.13. The minimum absolute atomic E-state index is 0.0472. The zero-order chi connectivity index (χ0) is 21.8. The highest BCUT2D eigenvalue weighted by atomic mass is 32.2. The molecule has 2 heterocycles. The Labute approximate surface area is 178 Å². The molecular formula is C22H18FN3O4S. The molecule has 31 heavy (non-hydrogen) atoms. The van der Waals surface area contributed by atoms with E-state index < -0.39 is 21.6 Å². The number of rotatable bonds is 7. The van der Waals surface area contributed by atoms with E-state index in [0.29, 0.717) is 11.3 Å². The van der Waals surface area contributed by atoms with Crippen molar-refractivity contribution in [3.63, 3.8) is 0 Å². The number of sulfone groups is 1. The van der Waals surface area contributed by atoms with Crippen molar-refractivity contribution in [2.75, 3.05) is 0 Å². The van der Waals surface area contributed by atoms with E-state index in [1.54, 1.807) is 47.3 Å². The number of benzene rings is 2. The van der Waals surface area contributed by atoms with E-state index in [1.165, 1.54) is 36.9 Å². The summed E-state index contributed by atoms with van der Waals surface area (Å²) < 4.78 is 46.3. The molecule has 0 radical (unpaired) electrons. The molecule has 0 unspecified atom stereocenters. The maximum absolute atomic E-state index is 14.4. The number of imidazole rings is 1. The largest absolute Gasteiger partial charge is 0.459 e. The maximum atomic E-state index is 14.4. The molecule has 1 N–H and O–H groups in total. The van der Waals surface area contributed by atoms with Gasteiger partial charge in [0, 0.05) is 24.5 Å². The Morgan fingerprint density at radius 3 is 2.65 bits per heavy atom. The lowest BCUT2D eigenvalue weighted by atomic mass is 10.2. The van der Waals surface area contributed by atoms with E-state index in [1.807, 2.05) is 0 Å². The Morgan fingerprint density at radius 1 is 1.13 bits per heavy atom. The zero-order valence-electron chi connectivity index (χ0n) is 16.2. The topological polar surface area (TPSA) is 94.2 Å². The third-order valence-electron chi connectivity index (χ3n) is 4.65. The molecule has 158 valence electrons. The van der Waals surface area contributed by atoms with Gasteiger partial charge >= 0.3 is 0 Å². The molecule has 0 spiro atoms. The van der Waals surface area contributed by atoms with Crippen molar-refractivity contribution in [3.8, 4) is 5.69 Å². The van der Waals surface area contributed by atoms with Gasteiger partial charge in [-0.3, -0.25) is 4.79 Å². The second-order valence-corrected chi connectivity index (χ2v) is 8.78. The predicted octanol–water partition coefficient (Wildman–Crippen LogP) is 3.51. The fourth-order valence-corrected chi connectivity index (χ4v) is 4.47. The molecular weight excluding hydrogens is 421 g/mol. The van der Waals surface area contributed by atoms with Gasteiger partial charge in [-0.15, -0.1) is 0 Å². The Bertz CT molecular complexity index is 1300. The number of furan rings is 1. The number of halogens is 1. The summed E-state index contributed by atoms with van der Waals surface area (Å²) in [6, 6.07) is 14.0. The molecule has 4 aromatic rings. The highest BCUT2D eigenvalue weighted by molar-refractivity contribution is 7.90. The smallest absolute Gasteiger partial charge is 0.287 e. The van der Waals surface area contributed by atoms with Crippen LogP contribution in [0.25, 0.3) is 5.69 Å². The van der Waals surface area contributed by atoms with E-state index >= 15 is 0 Å². The van der Waals surface area contributed by atoms with Crippen molar-refractivity contribution >= 4 is 15.7 Å². The fourth-order valence-electron chi connectivity index (χ4n) is 3.10.